The van der Waals surface area contributed by atoms with Gasteiger partial charge in [-0.1, -0.05) is 6.07 Å². The van der Waals surface area contributed by atoms with Crippen molar-refractivity contribution in [3.63, 3.8) is 0 Å². The van der Waals surface area contributed by atoms with Crippen LogP contribution in [-0.2, 0) is 29.6 Å². The molecule has 0 unspecified atom stereocenters. The van der Waals surface area contributed by atoms with Gasteiger partial charge >= 0.3 is 24.3 Å². The van der Waals surface area contributed by atoms with Crippen molar-refractivity contribution in [2.45, 2.75) is 43.8 Å². The predicted molar refractivity (Wildman–Crippen MR) is 115 cm³/mol. The van der Waals surface area contributed by atoms with Crippen LogP contribution in [-0.4, -0.2) is 86.8 Å². The summed E-state index contributed by atoms with van der Waals surface area (Å²) in [6.45, 7) is 2.26. The summed E-state index contributed by atoms with van der Waals surface area (Å²) in [7, 11) is 6.40. The molecule has 3 rings (SSSR count). The van der Waals surface area contributed by atoms with E-state index >= 15 is 0 Å². The molecule has 1 aliphatic rings. The number of likely N-dealkylation sites (N-methyl/N-ethyl adjacent to an activating group) is 1. The molecule has 1 saturated heterocycles. The zero-order chi connectivity index (χ0) is 27.0. The molecular formula is C20H26F6N4O4S. The molecule has 0 aliphatic carbocycles. The Bertz CT molecular complexity index is 907. The van der Waals surface area contributed by atoms with E-state index in [1.165, 1.54) is 23.4 Å². The lowest BCUT2D eigenvalue weighted by atomic mass is 10.0. The maximum Gasteiger partial charge on any atom is 0.490 e. The van der Waals surface area contributed by atoms with Crippen molar-refractivity contribution in [3.8, 4) is 0 Å². The molecule has 2 atom stereocenters. The molecule has 8 nitrogen and oxygen atoms in total. The molecule has 0 spiro atoms. The molecule has 35 heavy (non-hydrogen) atoms. The molecule has 0 aromatic carbocycles. The number of thiophene rings is 1. The third-order valence-electron chi connectivity index (χ3n) is 4.92. The number of carboxylic acid groups (broad SMARTS) is 2. The van der Waals surface area contributed by atoms with Gasteiger partial charge in [0, 0.05) is 43.3 Å². The first-order valence-electron chi connectivity index (χ1n) is 10.0. The molecule has 3 heterocycles. The minimum absolute atomic E-state index is 0.575. The summed E-state index contributed by atoms with van der Waals surface area (Å²) in [5.74, 6) is -5.51. The van der Waals surface area contributed by atoms with Gasteiger partial charge in [0.05, 0.1) is 6.20 Å². The lowest BCUT2D eigenvalue weighted by Crippen LogP contribution is -2.43. The second kappa shape index (κ2) is 12.9. The number of aryl methyl sites for hydroxylation is 1. The second-order valence-electron chi connectivity index (χ2n) is 7.77. The van der Waals surface area contributed by atoms with E-state index in [-0.39, 0.29) is 0 Å². The number of nitrogens with zero attached hydrogens (tertiary/aromatic N) is 4. The van der Waals surface area contributed by atoms with Gasteiger partial charge in [0.2, 0.25) is 0 Å². The molecule has 198 valence electrons. The van der Waals surface area contributed by atoms with Gasteiger partial charge in [0.1, 0.15) is 0 Å². The highest BCUT2D eigenvalue weighted by molar-refractivity contribution is 7.09. The minimum atomic E-state index is -5.08. The summed E-state index contributed by atoms with van der Waals surface area (Å²) in [4.78, 5) is 24.3. The highest BCUT2D eigenvalue weighted by Gasteiger charge is 2.39. The van der Waals surface area contributed by atoms with Crippen molar-refractivity contribution in [2.24, 2.45) is 7.05 Å². The van der Waals surface area contributed by atoms with E-state index in [0.29, 0.717) is 12.1 Å². The Balaban J connectivity index is 0.000000362. The minimum Gasteiger partial charge on any atom is -0.475 e. The molecule has 2 aromatic rings. The highest BCUT2D eigenvalue weighted by Crippen LogP contribution is 2.27. The Morgan fingerprint density at radius 3 is 2.06 bits per heavy atom. The van der Waals surface area contributed by atoms with Crippen molar-refractivity contribution in [1.29, 1.82) is 0 Å². The number of aliphatic carboxylic acids is 2. The van der Waals surface area contributed by atoms with Crippen LogP contribution in [0, 0.1) is 0 Å². The second-order valence-corrected chi connectivity index (χ2v) is 8.80. The van der Waals surface area contributed by atoms with E-state index in [1.54, 1.807) is 0 Å². The quantitative estimate of drug-likeness (QED) is 0.569. The van der Waals surface area contributed by atoms with E-state index in [2.05, 4.69) is 52.7 Å². The number of rotatable bonds is 5. The Hall–Kier alpha value is -2.65. The largest absolute Gasteiger partial charge is 0.490 e. The third kappa shape index (κ3) is 10.7. The lowest BCUT2D eigenvalue weighted by molar-refractivity contribution is -0.193. The Labute approximate surface area is 201 Å². The smallest absolute Gasteiger partial charge is 0.475 e. The molecule has 2 N–H and O–H groups in total. The van der Waals surface area contributed by atoms with Crippen LogP contribution in [0.5, 0.6) is 0 Å². The molecule has 0 radical (unpaired) electrons. The van der Waals surface area contributed by atoms with Crippen LogP contribution in [0.25, 0.3) is 0 Å². The number of likely N-dealkylation sites (tertiary alicyclic amines) is 1. The standard InChI is InChI=1S/C16H24N4S.2C2HF3O2/c1-18(2)15-6-7-20(12-14-5-4-8-21-14)16(15)9-13-10-17-19(3)11-13;2*3-2(4,5)1(6)7/h4-5,8,10-11,15-16H,6-7,9,12H2,1-3H3;2*(H,6,7)/t15-,16+;;/m1../s1. The van der Waals surface area contributed by atoms with Crippen LogP contribution in [0.1, 0.15) is 16.9 Å². The van der Waals surface area contributed by atoms with E-state index < -0.39 is 24.3 Å². The van der Waals surface area contributed by atoms with Crippen LogP contribution in [0.15, 0.2) is 29.9 Å². The average molecular weight is 533 g/mol. The zero-order valence-corrected chi connectivity index (χ0v) is 19.9. The summed E-state index contributed by atoms with van der Waals surface area (Å²) >= 11 is 1.86. The summed E-state index contributed by atoms with van der Waals surface area (Å²) < 4.78 is 65.4. The summed E-state index contributed by atoms with van der Waals surface area (Å²) in [6.07, 6.45) is -3.67. The predicted octanol–water partition coefficient (Wildman–Crippen LogP) is 3.50. The topological polar surface area (TPSA) is 98.9 Å². The van der Waals surface area contributed by atoms with E-state index in [4.69, 9.17) is 19.8 Å². The van der Waals surface area contributed by atoms with Crippen LogP contribution >= 0.6 is 11.3 Å². The van der Waals surface area contributed by atoms with Crippen LogP contribution in [0.3, 0.4) is 0 Å². The number of hydrogen-bond donors (Lipinski definition) is 2. The first-order valence-corrected chi connectivity index (χ1v) is 10.9. The summed E-state index contributed by atoms with van der Waals surface area (Å²) in [6, 6.07) is 5.60. The van der Waals surface area contributed by atoms with Gasteiger partial charge < -0.3 is 15.1 Å². The molecule has 0 bridgehead atoms. The third-order valence-corrected chi connectivity index (χ3v) is 5.78. The summed E-state index contributed by atoms with van der Waals surface area (Å²) in [5.41, 5.74) is 1.34. The molecule has 0 saturated carbocycles. The average Bonchev–Trinajstić information content (AvgIpc) is 3.45. The Kier molecular flexibility index (Phi) is 11.2. The van der Waals surface area contributed by atoms with Crippen molar-refractivity contribution in [2.75, 3.05) is 20.6 Å². The number of hydrogen-bond acceptors (Lipinski definition) is 6. The SMILES string of the molecule is CN(C)[C@@H]1CCN(Cc2cccs2)[C@H]1Cc1cnn(C)c1.O=C(O)C(F)(F)F.O=C(O)C(F)(F)F. The number of aromatic nitrogens is 2. The van der Waals surface area contributed by atoms with Gasteiger partial charge in [0.15, 0.2) is 0 Å². The van der Waals surface area contributed by atoms with E-state index in [1.807, 2.05) is 29.3 Å². The van der Waals surface area contributed by atoms with E-state index in [0.717, 1.165) is 13.0 Å². The van der Waals surface area contributed by atoms with Gasteiger partial charge in [-0.05, 0) is 43.9 Å². The number of carbonyl (C=O) groups is 2. The van der Waals surface area contributed by atoms with Gasteiger partial charge in [-0.25, -0.2) is 9.59 Å². The Morgan fingerprint density at radius 2 is 1.69 bits per heavy atom. The first-order chi connectivity index (χ1) is 16.0. The maximum absolute atomic E-state index is 10.6. The molecule has 0 amide bonds. The Morgan fingerprint density at radius 1 is 1.14 bits per heavy atom. The van der Waals surface area contributed by atoms with E-state index in [9.17, 15) is 26.3 Å². The van der Waals surface area contributed by atoms with Crippen molar-refractivity contribution in [1.82, 2.24) is 19.6 Å². The fraction of sp³-hybridized carbons (Fsp3) is 0.550. The molecule has 15 heteroatoms. The van der Waals surface area contributed by atoms with Crippen LogP contribution in [0.2, 0.25) is 0 Å². The highest BCUT2D eigenvalue weighted by atomic mass is 32.1. The van der Waals surface area contributed by atoms with Gasteiger partial charge in [-0.2, -0.15) is 31.4 Å². The zero-order valence-electron chi connectivity index (χ0n) is 19.0. The van der Waals surface area contributed by atoms with Crippen LogP contribution < -0.4 is 0 Å². The van der Waals surface area contributed by atoms with Crippen molar-refractivity contribution in [3.05, 3.63) is 40.3 Å². The fourth-order valence-electron chi connectivity index (χ4n) is 3.38. The molecular weight excluding hydrogens is 506 g/mol. The summed E-state index contributed by atoms with van der Waals surface area (Å²) in [5, 5.41) is 20.7. The number of halogens is 6. The lowest BCUT2D eigenvalue weighted by Gasteiger charge is -2.31. The van der Waals surface area contributed by atoms with Crippen molar-refractivity contribution >= 4 is 23.3 Å². The normalized spacial score (nSPS) is 18.5. The molecule has 2 aromatic heterocycles. The maximum atomic E-state index is 10.6. The number of carboxylic acids is 2. The molecule has 1 fully saturated rings. The van der Waals surface area contributed by atoms with Gasteiger partial charge in [-0.15, -0.1) is 11.3 Å². The van der Waals surface area contributed by atoms with Gasteiger partial charge in [-0.3, -0.25) is 9.58 Å². The first kappa shape index (κ1) is 30.4. The monoisotopic (exact) mass is 532 g/mol. The fourth-order valence-corrected chi connectivity index (χ4v) is 4.11. The van der Waals surface area contributed by atoms with Crippen molar-refractivity contribution < 1.29 is 46.1 Å². The molecule has 1 aliphatic heterocycles. The van der Waals surface area contributed by atoms with Crippen LogP contribution in [0.4, 0.5) is 26.3 Å². The number of alkyl halides is 6. The van der Waals surface area contributed by atoms with Gasteiger partial charge in [0.25, 0.3) is 0 Å².